The van der Waals surface area contributed by atoms with E-state index < -0.39 is 11.8 Å². The molecule has 0 aliphatic carbocycles. The first-order valence-electron chi connectivity index (χ1n) is 7.10. The molecule has 0 radical (unpaired) electrons. The summed E-state index contributed by atoms with van der Waals surface area (Å²) < 4.78 is 20.1. The Kier molecular flexibility index (Phi) is 4.19. The van der Waals surface area contributed by atoms with Crippen LogP contribution < -0.4 is 0 Å². The summed E-state index contributed by atoms with van der Waals surface area (Å²) in [5, 5.41) is 0.482. The molecule has 0 aliphatic heterocycles. The van der Waals surface area contributed by atoms with Gasteiger partial charge in [0.05, 0.1) is 0 Å². The Morgan fingerprint density at radius 3 is 2.70 bits per heavy atom. The Bertz CT molecular complexity index is 855. The van der Waals surface area contributed by atoms with Gasteiger partial charge in [-0.1, -0.05) is 30.3 Å². The minimum absolute atomic E-state index is 0.0389. The Balaban J connectivity index is 1.76. The smallest absolute Gasteiger partial charge is 0.326 e. The van der Waals surface area contributed by atoms with Gasteiger partial charge in [0, 0.05) is 22.7 Å². The van der Waals surface area contributed by atoms with Crippen LogP contribution in [0.3, 0.4) is 0 Å². The minimum atomic E-state index is -0.426. The van der Waals surface area contributed by atoms with Crippen molar-refractivity contribution < 1.29 is 18.7 Å². The second kappa shape index (κ2) is 6.44. The van der Waals surface area contributed by atoms with Crippen LogP contribution in [-0.2, 0) is 22.7 Å². The SMILES string of the molecule is O=Cc1cn(CC(=O)OCc2ccccc2)c2ccc(F)cc12. The first kappa shape index (κ1) is 15.0. The van der Waals surface area contributed by atoms with E-state index in [4.69, 9.17) is 4.74 Å². The Labute approximate surface area is 132 Å². The van der Waals surface area contributed by atoms with Crippen LogP contribution in [0, 0.1) is 5.82 Å². The molecule has 0 aliphatic rings. The van der Waals surface area contributed by atoms with Crippen molar-refractivity contribution in [1.29, 1.82) is 0 Å². The van der Waals surface area contributed by atoms with Gasteiger partial charge in [0.15, 0.2) is 6.29 Å². The Morgan fingerprint density at radius 1 is 1.17 bits per heavy atom. The van der Waals surface area contributed by atoms with E-state index in [-0.39, 0.29) is 13.2 Å². The Hall–Kier alpha value is -2.95. The van der Waals surface area contributed by atoms with Gasteiger partial charge in [0.25, 0.3) is 0 Å². The number of aromatic nitrogens is 1. The summed E-state index contributed by atoms with van der Waals surface area (Å²) in [5.74, 6) is -0.850. The normalized spacial score (nSPS) is 10.7. The highest BCUT2D eigenvalue weighted by Crippen LogP contribution is 2.21. The molecular formula is C18H14FNO3. The van der Waals surface area contributed by atoms with Gasteiger partial charge in [0.2, 0.25) is 0 Å². The van der Waals surface area contributed by atoms with Crippen LogP contribution in [-0.4, -0.2) is 16.8 Å². The van der Waals surface area contributed by atoms with Crippen LogP contribution >= 0.6 is 0 Å². The van der Waals surface area contributed by atoms with Crippen molar-refractivity contribution in [3.8, 4) is 0 Å². The number of halogens is 1. The number of esters is 1. The summed E-state index contributed by atoms with van der Waals surface area (Å²) in [5.41, 5.74) is 1.86. The second-order valence-electron chi connectivity index (χ2n) is 5.14. The maximum Gasteiger partial charge on any atom is 0.326 e. The van der Waals surface area contributed by atoms with E-state index in [1.165, 1.54) is 18.3 Å². The number of nitrogens with zero attached hydrogens (tertiary/aromatic N) is 1. The zero-order valence-corrected chi connectivity index (χ0v) is 12.2. The molecule has 3 rings (SSSR count). The molecule has 1 aromatic heterocycles. The number of rotatable bonds is 5. The lowest BCUT2D eigenvalue weighted by atomic mass is 10.2. The van der Waals surface area contributed by atoms with Gasteiger partial charge in [-0.2, -0.15) is 0 Å². The molecule has 0 saturated heterocycles. The molecule has 0 atom stereocenters. The van der Waals surface area contributed by atoms with Crippen LogP contribution in [0.2, 0.25) is 0 Å². The molecule has 2 aromatic carbocycles. The van der Waals surface area contributed by atoms with Gasteiger partial charge in [0.1, 0.15) is 19.0 Å². The number of aldehydes is 1. The van der Waals surface area contributed by atoms with E-state index in [1.54, 1.807) is 10.6 Å². The molecule has 0 fully saturated rings. The molecule has 0 amide bonds. The van der Waals surface area contributed by atoms with Crippen molar-refractivity contribution in [2.45, 2.75) is 13.2 Å². The zero-order valence-electron chi connectivity index (χ0n) is 12.2. The van der Waals surface area contributed by atoms with E-state index in [0.29, 0.717) is 22.8 Å². The highest BCUT2D eigenvalue weighted by atomic mass is 19.1. The standard InChI is InChI=1S/C18H14FNO3/c19-15-6-7-17-16(8-15)14(11-21)9-20(17)10-18(22)23-12-13-4-2-1-3-5-13/h1-9,11H,10,12H2. The summed E-state index contributed by atoms with van der Waals surface area (Å²) in [6.07, 6.45) is 2.18. The molecule has 1 heterocycles. The highest BCUT2D eigenvalue weighted by Gasteiger charge is 2.12. The summed E-state index contributed by atoms with van der Waals surface area (Å²) >= 11 is 0. The van der Waals surface area contributed by atoms with Crippen molar-refractivity contribution in [3.05, 3.63) is 71.7 Å². The van der Waals surface area contributed by atoms with Gasteiger partial charge >= 0.3 is 5.97 Å². The largest absolute Gasteiger partial charge is 0.459 e. The average Bonchev–Trinajstić information content (AvgIpc) is 2.91. The lowest BCUT2D eigenvalue weighted by Crippen LogP contribution is -2.12. The number of carbonyl (C=O) groups excluding carboxylic acids is 2. The zero-order chi connectivity index (χ0) is 16.2. The number of benzene rings is 2. The molecule has 3 aromatic rings. The molecule has 0 bridgehead atoms. The predicted octanol–water partition coefficient (Wildman–Crippen LogP) is 3.34. The van der Waals surface area contributed by atoms with Crippen LogP contribution in [0.4, 0.5) is 4.39 Å². The first-order chi connectivity index (χ1) is 11.2. The molecule has 0 saturated carbocycles. The topological polar surface area (TPSA) is 48.3 Å². The van der Waals surface area contributed by atoms with E-state index in [9.17, 15) is 14.0 Å². The number of carbonyl (C=O) groups is 2. The monoisotopic (exact) mass is 311 g/mol. The van der Waals surface area contributed by atoms with Crippen molar-refractivity contribution in [1.82, 2.24) is 4.57 Å². The fourth-order valence-corrected chi connectivity index (χ4v) is 2.44. The third-order valence-corrected chi connectivity index (χ3v) is 3.54. The molecule has 0 spiro atoms. The van der Waals surface area contributed by atoms with Crippen LogP contribution in [0.1, 0.15) is 15.9 Å². The van der Waals surface area contributed by atoms with Crippen LogP contribution in [0.25, 0.3) is 10.9 Å². The van der Waals surface area contributed by atoms with Crippen LogP contribution in [0.5, 0.6) is 0 Å². The van der Waals surface area contributed by atoms with Gasteiger partial charge < -0.3 is 9.30 Å². The summed E-state index contributed by atoms with van der Waals surface area (Å²) in [6.45, 7) is 0.150. The van der Waals surface area contributed by atoms with Gasteiger partial charge in [-0.3, -0.25) is 9.59 Å². The number of hydrogen-bond acceptors (Lipinski definition) is 3. The second-order valence-corrected chi connectivity index (χ2v) is 5.14. The predicted molar refractivity (Wildman–Crippen MR) is 83.5 cm³/mol. The number of ether oxygens (including phenoxy) is 1. The number of fused-ring (bicyclic) bond motifs is 1. The lowest BCUT2D eigenvalue weighted by Gasteiger charge is -2.07. The Morgan fingerprint density at radius 2 is 1.96 bits per heavy atom. The maximum absolute atomic E-state index is 13.3. The van der Waals surface area contributed by atoms with E-state index in [1.807, 2.05) is 30.3 Å². The molecular weight excluding hydrogens is 297 g/mol. The van der Waals surface area contributed by atoms with E-state index >= 15 is 0 Å². The fourth-order valence-electron chi connectivity index (χ4n) is 2.44. The fraction of sp³-hybridized carbons (Fsp3) is 0.111. The number of hydrogen-bond donors (Lipinski definition) is 0. The summed E-state index contributed by atoms with van der Waals surface area (Å²) in [4.78, 5) is 23.1. The lowest BCUT2D eigenvalue weighted by molar-refractivity contribution is -0.145. The van der Waals surface area contributed by atoms with E-state index in [0.717, 1.165) is 5.56 Å². The third-order valence-electron chi connectivity index (χ3n) is 3.54. The van der Waals surface area contributed by atoms with Crippen LogP contribution in [0.15, 0.2) is 54.7 Å². The quantitative estimate of drug-likeness (QED) is 0.536. The molecule has 0 N–H and O–H groups in total. The summed E-state index contributed by atoms with van der Waals surface area (Å²) in [7, 11) is 0. The van der Waals surface area contributed by atoms with Crippen molar-refractivity contribution in [2.75, 3.05) is 0 Å². The molecule has 116 valence electrons. The third kappa shape index (κ3) is 3.29. The molecule has 23 heavy (non-hydrogen) atoms. The van der Waals surface area contributed by atoms with Gasteiger partial charge in [-0.05, 0) is 23.8 Å². The van der Waals surface area contributed by atoms with Crippen molar-refractivity contribution >= 4 is 23.2 Å². The van der Waals surface area contributed by atoms with E-state index in [2.05, 4.69) is 0 Å². The maximum atomic E-state index is 13.3. The highest BCUT2D eigenvalue weighted by molar-refractivity contribution is 5.98. The molecule has 5 heteroatoms. The minimum Gasteiger partial charge on any atom is -0.459 e. The van der Waals surface area contributed by atoms with Crippen molar-refractivity contribution in [3.63, 3.8) is 0 Å². The summed E-state index contributed by atoms with van der Waals surface area (Å²) in [6, 6.07) is 13.5. The molecule has 4 nitrogen and oxygen atoms in total. The average molecular weight is 311 g/mol. The molecule has 0 unspecified atom stereocenters. The van der Waals surface area contributed by atoms with Crippen molar-refractivity contribution in [2.24, 2.45) is 0 Å². The van der Waals surface area contributed by atoms with Gasteiger partial charge in [-0.15, -0.1) is 0 Å². The first-order valence-corrected chi connectivity index (χ1v) is 7.10. The van der Waals surface area contributed by atoms with Gasteiger partial charge in [-0.25, -0.2) is 4.39 Å².